The highest BCUT2D eigenvalue weighted by molar-refractivity contribution is 5.88. The number of para-hydroxylation sites is 2. The van der Waals surface area contributed by atoms with Gasteiger partial charge in [-0.2, -0.15) is 0 Å². The van der Waals surface area contributed by atoms with Gasteiger partial charge in [0.05, 0.1) is 0 Å². The number of hydrogen-bond acceptors (Lipinski definition) is 9. The molecule has 2 amide bonds. The molecule has 7 rings (SSSR count). The number of nitrogens with two attached hydrogens (primary N) is 1. The number of anilines is 6. The van der Waals surface area contributed by atoms with Crippen molar-refractivity contribution in [2.24, 2.45) is 5.73 Å². The van der Waals surface area contributed by atoms with Gasteiger partial charge in [0.1, 0.15) is 29.3 Å². The van der Waals surface area contributed by atoms with E-state index in [9.17, 15) is 9.59 Å². The number of nitrogens with zero attached hydrogens (tertiary/aromatic N) is 5. The summed E-state index contributed by atoms with van der Waals surface area (Å²) in [6.45, 7) is 2.25. The zero-order valence-electron chi connectivity index (χ0n) is 27.5. The fraction of sp³-hybridized carbons (Fsp3) is 0.128. The molecule has 0 bridgehead atoms. The number of aromatic nitrogens is 4. The third kappa shape index (κ3) is 8.84. The van der Waals surface area contributed by atoms with Gasteiger partial charge < -0.3 is 26.6 Å². The molecule has 0 radical (unpaired) electrons. The number of benzene rings is 2. The first kappa shape index (κ1) is 33.3. The van der Waals surface area contributed by atoms with Gasteiger partial charge in [0.15, 0.2) is 0 Å². The second kappa shape index (κ2) is 16.0. The number of hydrogen-bond donors (Lipinski definition) is 4. The van der Waals surface area contributed by atoms with Gasteiger partial charge in [-0.1, -0.05) is 36.4 Å². The Hall–Kier alpha value is -6.62. The van der Waals surface area contributed by atoms with Gasteiger partial charge in [0.25, 0.3) is 0 Å². The van der Waals surface area contributed by atoms with Gasteiger partial charge in [-0.25, -0.2) is 19.9 Å². The van der Waals surface area contributed by atoms with Crippen molar-refractivity contribution in [2.45, 2.75) is 25.8 Å². The van der Waals surface area contributed by atoms with Crippen molar-refractivity contribution in [2.75, 3.05) is 27.4 Å². The first-order valence-corrected chi connectivity index (χ1v) is 16.2. The zero-order valence-corrected chi connectivity index (χ0v) is 27.5. The Bertz CT molecular complexity index is 2060. The molecular weight excluding hydrogens is 626 g/mol. The molecule has 1 atom stereocenters. The fourth-order valence-electron chi connectivity index (χ4n) is 5.65. The molecule has 5 N–H and O–H groups in total. The predicted octanol–water partition coefficient (Wildman–Crippen LogP) is 7.19. The molecule has 5 heterocycles. The zero-order chi connectivity index (χ0) is 34.7. The Morgan fingerprint density at radius 1 is 0.640 bits per heavy atom. The number of rotatable bonds is 9. The van der Waals surface area contributed by atoms with E-state index in [1.807, 2.05) is 114 Å². The average Bonchev–Trinajstić information content (AvgIpc) is 3.64. The molecule has 1 aliphatic heterocycles. The normalized spacial score (nSPS) is 13.5. The van der Waals surface area contributed by atoms with E-state index in [1.54, 1.807) is 24.8 Å². The van der Waals surface area contributed by atoms with Crippen LogP contribution in [0.5, 0.6) is 0 Å². The summed E-state index contributed by atoms with van der Waals surface area (Å²) in [7, 11) is 0. The molecule has 11 nitrogen and oxygen atoms in total. The molecule has 0 aliphatic carbocycles. The van der Waals surface area contributed by atoms with Gasteiger partial charge in [-0.3, -0.25) is 9.59 Å². The number of amides is 2. The molecule has 1 fully saturated rings. The van der Waals surface area contributed by atoms with E-state index < -0.39 is 0 Å². The summed E-state index contributed by atoms with van der Waals surface area (Å²) in [5, 5.41) is 9.26. The van der Waals surface area contributed by atoms with E-state index >= 15 is 0 Å². The molecule has 0 saturated carbocycles. The first-order chi connectivity index (χ1) is 24.4. The van der Waals surface area contributed by atoms with E-state index in [4.69, 9.17) is 5.73 Å². The van der Waals surface area contributed by atoms with Crippen molar-refractivity contribution in [3.05, 3.63) is 134 Å². The van der Waals surface area contributed by atoms with Crippen molar-refractivity contribution >= 4 is 46.5 Å². The number of primary amides is 1. The van der Waals surface area contributed by atoms with E-state index in [2.05, 4.69) is 35.9 Å². The van der Waals surface area contributed by atoms with Crippen LogP contribution in [-0.4, -0.2) is 44.3 Å². The summed E-state index contributed by atoms with van der Waals surface area (Å²) in [4.78, 5) is 42.2. The molecule has 4 aromatic heterocycles. The summed E-state index contributed by atoms with van der Waals surface area (Å²) in [5.74, 6) is 2.40. The topological polar surface area (TPSA) is 151 Å². The Labute approximate surface area is 290 Å². The molecule has 50 heavy (non-hydrogen) atoms. The van der Waals surface area contributed by atoms with Crippen LogP contribution in [-0.2, 0) is 9.59 Å². The summed E-state index contributed by atoms with van der Waals surface area (Å²) < 4.78 is 0. The fourth-order valence-corrected chi connectivity index (χ4v) is 5.65. The van der Waals surface area contributed by atoms with Crippen LogP contribution in [0.3, 0.4) is 0 Å². The summed E-state index contributed by atoms with van der Waals surface area (Å²) in [6, 6.07) is 35.1. The highest BCUT2D eigenvalue weighted by Gasteiger charge is 2.30. The molecule has 11 heteroatoms. The van der Waals surface area contributed by atoms with Gasteiger partial charge >= 0.3 is 0 Å². The smallest absolute Gasteiger partial charge is 0.240 e. The molecule has 0 unspecified atom stereocenters. The quantitative estimate of drug-likeness (QED) is 0.126. The largest absolute Gasteiger partial charge is 0.368 e. The molecule has 1 saturated heterocycles. The van der Waals surface area contributed by atoms with Gasteiger partial charge in [0.2, 0.25) is 11.8 Å². The maximum Gasteiger partial charge on any atom is 0.240 e. The van der Waals surface area contributed by atoms with Crippen molar-refractivity contribution in [3.8, 4) is 22.3 Å². The minimum Gasteiger partial charge on any atom is -0.368 e. The number of carbonyl (C=O) groups is 2. The summed E-state index contributed by atoms with van der Waals surface area (Å²) >= 11 is 0. The third-order valence-corrected chi connectivity index (χ3v) is 7.96. The molecule has 6 aromatic rings. The minimum atomic E-state index is -0.294. The standard InChI is InChI=1S/C21H21N5O.C18H16N4O/c22-21(27)18-7-4-12-26(18)20-14-16(9-11-24-20)15-8-10-23-19(13-15)25-17-5-2-1-3-6-17;1-13(23)21-17-11-14(7-9-19-17)15-8-10-20-18(12-15)22-16-5-3-2-4-6-16/h1-3,5-6,8-11,13-14,18H,4,7,12H2,(H2,22,27)(H,23,25);2-12H,1H3,(H,20,22)(H,19,21,23)/t18-;/m0./s1. The van der Waals surface area contributed by atoms with E-state index in [1.165, 1.54) is 6.92 Å². The van der Waals surface area contributed by atoms with Crippen LogP contribution >= 0.6 is 0 Å². The highest BCUT2D eigenvalue weighted by Crippen LogP contribution is 2.29. The Morgan fingerprint density at radius 2 is 1.10 bits per heavy atom. The van der Waals surface area contributed by atoms with Crippen molar-refractivity contribution in [1.29, 1.82) is 0 Å². The van der Waals surface area contributed by atoms with Crippen LogP contribution in [0.15, 0.2) is 134 Å². The highest BCUT2D eigenvalue weighted by atomic mass is 16.2. The van der Waals surface area contributed by atoms with Gasteiger partial charge in [0, 0.05) is 49.6 Å². The SMILES string of the molecule is CC(=O)Nc1cc(-c2ccnc(Nc3ccccc3)c2)ccn1.NC(=O)[C@@H]1CCCN1c1cc(-c2ccnc(Nc3ccccc3)c2)ccn1. The maximum atomic E-state index is 11.7. The van der Waals surface area contributed by atoms with Crippen LogP contribution in [0.1, 0.15) is 19.8 Å². The summed E-state index contributed by atoms with van der Waals surface area (Å²) in [6.07, 6.45) is 8.69. The lowest BCUT2D eigenvalue weighted by Gasteiger charge is -2.23. The molecule has 2 aromatic carbocycles. The van der Waals surface area contributed by atoms with Crippen LogP contribution in [0, 0.1) is 0 Å². The third-order valence-electron chi connectivity index (χ3n) is 7.96. The van der Waals surface area contributed by atoms with E-state index in [0.717, 1.165) is 70.5 Å². The van der Waals surface area contributed by atoms with E-state index in [0.29, 0.717) is 5.82 Å². The lowest BCUT2D eigenvalue weighted by molar-refractivity contribution is -0.119. The van der Waals surface area contributed by atoms with E-state index in [-0.39, 0.29) is 17.9 Å². The van der Waals surface area contributed by atoms with Crippen LogP contribution < -0.4 is 26.6 Å². The second-order valence-corrected chi connectivity index (χ2v) is 11.6. The monoisotopic (exact) mass is 663 g/mol. The molecule has 1 aliphatic rings. The molecule has 250 valence electrons. The van der Waals surface area contributed by atoms with Crippen molar-refractivity contribution in [3.63, 3.8) is 0 Å². The average molecular weight is 664 g/mol. The number of nitrogens with one attached hydrogen (secondary N) is 3. The predicted molar refractivity (Wildman–Crippen MR) is 198 cm³/mol. The van der Waals surface area contributed by atoms with Gasteiger partial charge in [-0.15, -0.1) is 0 Å². The minimum absolute atomic E-state index is 0.143. The molecular formula is C39H37N9O2. The van der Waals surface area contributed by atoms with Crippen molar-refractivity contribution in [1.82, 2.24) is 19.9 Å². The van der Waals surface area contributed by atoms with Crippen LogP contribution in [0.25, 0.3) is 22.3 Å². The Morgan fingerprint density at radius 3 is 1.60 bits per heavy atom. The second-order valence-electron chi connectivity index (χ2n) is 11.6. The van der Waals surface area contributed by atoms with Crippen molar-refractivity contribution < 1.29 is 9.59 Å². The summed E-state index contributed by atoms with van der Waals surface area (Å²) in [5.41, 5.74) is 11.5. The van der Waals surface area contributed by atoms with Crippen LogP contribution in [0.2, 0.25) is 0 Å². The Balaban J connectivity index is 0.000000175. The van der Waals surface area contributed by atoms with Gasteiger partial charge in [-0.05, 0) is 108 Å². The molecule has 0 spiro atoms. The first-order valence-electron chi connectivity index (χ1n) is 16.2. The number of pyridine rings is 4. The number of carbonyl (C=O) groups excluding carboxylic acids is 2. The lowest BCUT2D eigenvalue weighted by Crippen LogP contribution is -2.40. The Kier molecular flexibility index (Phi) is 10.6. The van der Waals surface area contributed by atoms with Crippen LogP contribution in [0.4, 0.5) is 34.6 Å². The maximum absolute atomic E-state index is 11.7. The lowest BCUT2D eigenvalue weighted by atomic mass is 10.1.